The third-order valence-electron chi connectivity index (χ3n) is 3.63. The summed E-state index contributed by atoms with van der Waals surface area (Å²) in [4.78, 5) is 12.6. The molecule has 1 aromatic heterocycles. The van der Waals surface area contributed by atoms with Crippen molar-refractivity contribution >= 4 is 28.8 Å². The van der Waals surface area contributed by atoms with Crippen LogP contribution in [-0.4, -0.2) is 25.2 Å². The molecule has 0 aliphatic carbocycles. The normalized spacial score (nSPS) is 17.2. The second-order valence-electron chi connectivity index (χ2n) is 5.38. The average Bonchev–Trinajstić information content (AvgIpc) is 3.23. The molecule has 6 heteroatoms. The van der Waals surface area contributed by atoms with Crippen LogP contribution in [0, 0.1) is 0 Å². The minimum atomic E-state index is -0.111. The molecule has 0 bridgehead atoms. The van der Waals surface area contributed by atoms with E-state index in [2.05, 4.69) is 5.32 Å². The number of halogens is 1. The van der Waals surface area contributed by atoms with E-state index in [1.165, 1.54) is 11.3 Å². The van der Waals surface area contributed by atoms with E-state index in [1.54, 1.807) is 12.1 Å². The fraction of sp³-hybridized carbons (Fsp3) is 0.353. The monoisotopic (exact) mass is 351 g/mol. The predicted octanol–water partition coefficient (Wildman–Crippen LogP) is 3.89. The number of thiophene rings is 1. The summed E-state index contributed by atoms with van der Waals surface area (Å²) >= 11 is 7.11. The molecule has 2 aromatic rings. The summed E-state index contributed by atoms with van der Waals surface area (Å²) in [7, 11) is 0. The van der Waals surface area contributed by atoms with E-state index >= 15 is 0 Å². The number of hydrogen-bond donors (Lipinski definition) is 1. The van der Waals surface area contributed by atoms with Crippen LogP contribution in [-0.2, 0) is 11.3 Å². The third-order valence-corrected chi connectivity index (χ3v) is 4.86. The van der Waals surface area contributed by atoms with Crippen molar-refractivity contribution in [3.63, 3.8) is 0 Å². The summed E-state index contributed by atoms with van der Waals surface area (Å²) in [6.45, 7) is 1.90. The number of rotatable bonds is 6. The number of nitrogens with one attached hydrogen (secondary N) is 1. The first-order valence-corrected chi connectivity index (χ1v) is 8.77. The zero-order chi connectivity index (χ0) is 16.1. The molecule has 1 fully saturated rings. The molecule has 122 valence electrons. The highest BCUT2D eigenvalue weighted by atomic mass is 35.5. The first-order chi connectivity index (χ1) is 11.2. The Kier molecular flexibility index (Phi) is 5.54. The average molecular weight is 352 g/mol. The molecule has 1 N–H and O–H groups in total. The number of carbonyl (C=O) groups excluding carboxylic acids is 1. The highest BCUT2D eigenvalue weighted by Gasteiger charge is 2.15. The van der Waals surface area contributed by atoms with Crippen molar-refractivity contribution in [3.8, 4) is 5.75 Å². The van der Waals surface area contributed by atoms with Crippen molar-refractivity contribution in [3.05, 3.63) is 51.2 Å². The molecule has 0 spiro atoms. The van der Waals surface area contributed by atoms with Gasteiger partial charge in [-0.15, -0.1) is 11.3 Å². The molecule has 1 aliphatic rings. The first kappa shape index (κ1) is 16.3. The van der Waals surface area contributed by atoms with Gasteiger partial charge in [-0.2, -0.15) is 0 Å². The first-order valence-electron chi connectivity index (χ1n) is 7.57. The van der Waals surface area contributed by atoms with Gasteiger partial charge in [0, 0.05) is 13.2 Å². The van der Waals surface area contributed by atoms with Gasteiger partial charge in [-0.3, -0.25) is 4.79 Å². The van der Waals surface area contributed by atoms with Gasteiger partial charge in [0.05, 0.1) is 15.3 Å². The van der Waals surface area contributed by atoms with Crippen LogP contribution in [0.25, 0.3) is 0 Å². The standard InChI is InChI=1S/C17H18ClNO3S/c18-16-8-7-15(23-16)17(20)19-10-12-3-5-13(6-4-12)22-11-14-2-1-9-21-14/h3-8,14H,1-2,9-11H2,(H,19,20). The fourth-order valence-corrected chi connectivity index (χ4v) is 3.33. The smallest absolute Gasteiger partial charge is 0.261 e. The minimum Gasteiger partial charge on any atom is -0.491 e. The molecular formula is C17H18ClNO3S. The van der Waals surface area contributed by atoms with Gasteiger partial charge in [0.1, 0.15) is 12.4 Å². The lowest BCUT2D eigenvalue weighted by molar-refractivity contribution is 0.0679. The Balaban J connectivity index is 1.46. The molecule has 2 heterocycles. The number of carbonyl (C=O) groups is 1. The Labute approximate surface area is 144 Å². The summed E-state index contributed by atoms with van der Waals surface area (Å²) in [5.74, 6) is 0.709. The molecule has 0 saturated carbocycles. The number of ether oxygens (including phenoxy) is 2. The van der Waals surface area contributed by atoms with Crippen LogP contribution in [0.1, 0.15) is 28.1 Å². The molecular weight excluding hydrogens is 334 g/mol. The van der Waals surface area contributed by atoms with Crippen molar-refractivity contribution in [2.24, 2.45) is 0 Å². The molecule has 3 rings (SSSR count). The largest absolute Gasteiger partial charge is 0.491 e. The van der Waals surface area contributed by atoms with Crippen LogP contribution in [0.4, 0.5) is 0 Å². The maximum atomic E-state index is 11.9. The van der Waals surface area contributed by atoms with E-state index in [4.69, 9.17) is 21.1 Å². The van der Waals surface area contributed by atoms with Gasteiger partial charge in [-0.1, -0.05) is 23.7 Å². The summed E-state index contributed by atoms with van der Waals surface area (Å²) in [5.41, 5.74) is 1.02. The van der Waals surface area contributed by atoms with Crippen LogP contribution in [0.3, 0.4) is 0 Å². The number of hydrogen-bond acceptors (Lipinski definition) is 4. The maximum absolute atomic E-state index is 11.9. The molecule has 23 heavy (non-hydrogen) atoms. The lowest BCUT2D eigenvalue weighted by Crippen LogP contribution is -2.21. The highest BCUT2D eigenvalue weighted by molar-refractivity contribution is 7.17. The van der Waals surface area contributed by atoms with E-state index in [0.29, 0.717) is 22.4 Å². The Morgan fingerprint density at radius 2 is 2.13 bits per heavy atom. The molecule has 1 aliphatic heterocycles. The lowest BCUT2D eigenvalue weighted by Gasteiger charge is -2.12. The fourth-order valence-electron chi connectivity index (χ4n) is 2.37. The van der Waals surface area contributed by atoms with Crippen LogP contribution in [0.5, 0.6) is 5.75 Å². The van der Waals surface area contributed by atoms with Crippen LogP contribution >= 0.6 is 22.9 Å². The topological polar surface area (TPSA) is 47.6 Å². The van der Waals surface area contributed by atoms with Crippen molar-refractivity contribution in [1.82, 2.24) is 5.32 Å². The van der Waals surface area contributed by atoms with E-state index in [9.17, 15) is 4.79 Å². The quantitative estimate of drug-likeness (QED) is 0.858. The van der Waals surface area contributed by atoms with Gasteiger partial charge in [0.2, 0.25) is 0 Å². The van der Waals surface area contributed by atoms with Crippen LogP contribution in [0.2, 0.25) is 4.34 Å². The minimum absolute atomic E-state index is 0.111. The molecule has 0 radical (unpaired) electrons. The number of benzene rings is 1. The van der Waals surface area contributed by atoms with Crippen molar-refractivity contribution < 1.29 is 14.3 Å². The summed E-state index contributed by atoms with van der Waals surface area (Å²) < 4.78 is 11.9. The van der Waals surface area contributed by atoms with E-state index in [1.807, 2.05) is 24.3 Å². The molecule has 1 saturated heterocycles. The Morgan fingerprint density at radius 1 is 1.30 bits per heavy atom. The van der Waals surface area contributed by atoms with E-state index in [-0.39, 0.29) is 12.0 Å². The zero-order valence-corrected chi connectivity index (χ0v) is 14.2. The summed E-state index contributed by atoms with van der Waals surface area (Å²) in [6, 6.07) is 11.2. The third kappa shape index (κ3) is 4.70. The molecule has 4 nitrogen and oxygen atoms in total. The predicted molar refractivity (Wildman–Crippen MR) is 91.4 cm³/mol. The van der Waals surface area contributed by atoms with E-state index < -0.39 is 0 Å². The maximum Gasteiger partial charge on any atom is 0.261 e. The summed E-state index contributed by atoms with van der Waals surface area (Å²) in [5, 5.41) is 2.88. The SMILES string of the molecule is O=C(NCc1ccc(OCC2CCCO2)cc1)c1ccc(Cl)s1. The van der Waals surface area contributed by atoms with Gasteiger partial charge in [0.25, 0.3) is 5.91 Å². The Morgan fingerprint density at radius 3 is 2.78 bits per heavy atom. The van der Waals surface area contributed by atoms with E-state index in [0.717, 1.165) is 30.8 Å². The lowest BCUT2D eigenvalue weighted by atomic mass is 10.2. The summed E-state index contributed by atoms with van der Waals surface area (Å²) in [6.07, 6.45) is 2.39. The van der Waals surface area contributed by atoms with Gasteiger partial charge < -0.3 is 14.8 Å². The molecule has 1 atom stereocenters. The van der Waals surface area contributed by atoms with Crippen molar-refractivity contribution in [2.75, 3.05) is 13.2 Å². The van der Waals surface area contributed by atoms with Crippen LogP contribution < -0.4 is 10.1 Å². The van der Waals surface area contributed by atoms with Gasteiger partial charge >= 0.3 is 0 Å². The Hall–Kier alpha value is -1.56. The van der Waals surface area contributed by atoms with Crippen LogP contribution in [0.15, 0.2) is 36.4 Å². The second-order valence-corrected chi connectivity index (χ2v) is 7.09. The van der Waals surface area contributed by atoms with Gasteiger partial charge in [-0.05, 0) is 42.7 Å². The molecule has 1 aromatic carbocycles. The number of amides is 1. The van der Waals surface area contributed by atoms with Crippen molar-refractivity contribution in [1.29, 1.82) is 0 Å². The highest BCUT2D eigenvalue weighted by Crippen LogP contribution is 2.21. The zero-order valence-electron chi connectivity index (χ0n) is 12.6. The van der Waals surface area contributed by atoms with Gasteiger partial charge in [-0.25, -0.2) is 0 Å². The Bertz CT molecular complexity index is 650. The second kappa shape index (κ2) is 7.81. The van der Waals surface area contributed by atoms with Gasteiger partial charge in [0.15, 0.2) is 0 Å². The van der Waals surface area contributed by atoms with Crippen molar-refractivity contribution in [2.45, 2.75) is 25.5 Å². The molecule has 1 unspecified atom stereocenters. The molecule has 1 amide bonds.